The zero-order valence-electron chi connectivity index (χ0n) is 14.8. The molecule has 5 saturated heterocycles. The third-order valence-corrected chi connectivity index (χ3v) is 7.18. The van der Waals surface area contributed by atoms with E-state index in [4.69, 9.17) is 18.9 Å². The molecule has 0 aromatic carbocycles. The van der Waals surface area contributed by atoms with Crippen molar-refractivity contribution in [2.24, 2.45) is 0 Å². The van der Waals surface area contributed by atoms with Crippen LogP contribution in [0.4, 0.5) is 0 Å². The van der Waals surface area contributed by atoms with Gasteiger partial charge in [-0.2, -0.15) is 0 Å². The number of aliphatic hydroxyl groups is 4. The quantitative estimate of drug-likeness (QED) is 0.638. The summed E-state index contributed by atoms with van der Waals surface area (Å²) in [4.78, 5) is 0. The number of rotatable bonds is 0. The normalized spacial score (nSPS) is 52.0. The summed E-state index contributed by atoms with van der Waals surface area (Å²) in [5.74, 6) is 0. The van der Waals surface area contributed by atoms with Gasteiger partial charge in [0.15, 0.2) is 24.4 Å². The molecule has 8 bridgehead atoms. The van der Waals surface area contributed by atoms with Crippen LogP contribution in [0.25, 0.3) is 0 Å². The minimum atomic E-state index is 0.410. The minimum absolute atomic E-state index is 0.410. The lowest BCUT2D eigenvalue weighted by atomic mass is 10.0. The Morgan fingerprint density at radius 2 is 0.875 bits per heavy atom. The van der Waals surface area contributed by atoms with Gasteiger partial charge in [0.05, 0.1) is 12.2 Å². The van der Waals surface area contributed by atoms with Gasteiger partial charge in [0.1, 0.15) is 12.2 Å². The first-order valence-corrected chi connectivity index (χ1v) is 10.5. The van der Waals surface area contributed by atoms with Crippen LogP contribution in [0.2, 0.25) is 0 Å². The molecule has 5 fully saturated rings. The van der Waals surface area contributed by atoms with Crippen molar-refractivity contribution < 1.29 is 18.9 Å². The summed E-state index contributed by atoms with van der Waals surface area (Å²) in [5.41, 5.74) is 0. The summed E-state index contributed by atoms with van der Waals surface area (Å²) < 4.78 is 23.0. The summed E-state index contributed by atoms with van der Waals surface area (Å²) in [7, 11) is 0. The fourth-order valence-corrected chi connectivity index (χ4v) is 5.78. The summed E-state index contributed by atoms with van der Waals surface area (Å²) in [5, 5.41) is 0. The van der Waals surface area contributed by atoms with Gasteiger partial charge in [0.2, 0.25) is 0 Å². The highest BCUT2D eigenvalue weighted by Gasteiger charge is 2.44. The molecular formula is C20H34O4+2. The first-order valence-electron chi connectivity index (χ1n) is 10.5. The second-order valence-electron chi connectivity index (χ2n) is 8.80. The third kappa shape index (κ3) is 3.27. The first-order chi connectivity index (χ1) is 11.8. The first kappa shape index (κ1) is 16.0. The molecule has 5 aliphatic heterocycles. The molecule has 2 N–H and O–H groups in total. The molecule has 0 amide bonds. The molecule has 24 heavy (non-hydrogen) atoms. The van der Waals surface area contributed by atoms with Crippen molar-refractivity contribution in [1.82, 2.24) is 0 Å². The van der Waals surface area contributed by atoms with Gasteiger partial charge in [-0.25, -0.2) is 0 Å². The van der Waals surface area contributed by atoms with Crippen LogP contribution in [-0.2, 0) is 9.47 Å². The van der Waals surface area contributed by atoms with Crippen LogP contribution in [0.15, 0.2) is 0 Å². The fourth-order valence-electron chi connectivity index (χ4n) is 5.78. The molecule has 0 aromatic rings. The van der Waals surface area contributed by atoms with Crippen LogP contribution in [-0.4, -0.2) is 58.3 Å². The van der Waals surface area contributed by atoms with E-state index in [1.165, 1.54) is 77.0 Å². The predicted octanol–water partition coefficient (Wildman–Crippen LogP) is 2.77. The average Bonchev–Trinajstić information content (AvgIpc) is 3.37. The minimum Gasteiger partial charge on any atom is -0.427 e. The monoisotopic (exact) mass is 338 g/mol. The maximum absolute atomic E-state index is 6.39. The second kappa shape index (κ2) is 6.86. The smallest absolute Gasteiger partial charge is 0.181 e. The number of hydrogen-bond acceptors (Lipinski definition) is 2. The SMILES string of the molecule is C1CC2CCC([OH+]2)C2CCC(CCC3CCC([OH+]3)C3CCC1O3)O2. The number of hydrogen-bond donors (Lipinski definition) is 0. The van der Waals surface area contributed by atoms with Crippen molar-refractivity contribution in [2.45, 2.75) is 126 Å². The highest BCUT2D eigenvalue weighted by molar-refractivity contribution is 4.88. The largest absolute Gasteiger partial charge is 0.427 e. The number of fused-ring (bicyclic) bond motifs is 10. The Bertz CT molecular complexity index is 361. The molecule has 0 radical (unpaired) electrons. The maximum atomic E-state index is 6.39. The highest BCUT2D eigenvalue weighted by atomic mass is 16.6. The van der Waals surface area contributed by atoms with Crippen LogP contribution < -0.4 is 0 Å². The fraction of sp³-hybridized carbons (Fsp3) is 1.00. The van der Waals surface area contributed by atoms with E-state index < -0.39 is 0 Å². The van der Waals surface area contributed by atoms with Gasteiger partial charge in [0, 0.05) is 38.5 Å². The molecule has 5 aliphatic rings. The van der Waals surface area contributed by atoms with E-state index in [1.54, 1.807) is 0 Å². The van der Waals surface area contributed by atoms with Gasteiger partial charge in [-0.15, -0.1) is 0 Å². The molecule has 0 saturated carbocycles. The third-order valence-electron chi connectivity index (χ3n) is 7.18. The predicted molar refractivity (Wildman–Crippen MR) is 92.3 cm³/mol. The second-order valence-corrected chi connectivity index (χ2v) is 8.80. The van der Waals surface area contributed by atoms with Gasteiger partial charge in [-0.3, -0.25) is 0 Å². The van der Waals surface area contributed by atoms with E-state index in [-0.39, 0.29) is 0 Å². The van der Waals surface area contributed by atoms with Crippen molar-refractivity contribution in [3.63, 3.8) is 0 Å². The Balaban J connectivity index is 1.27. The Morgan fingerprint density at radius 3 is 1.38 bits per heavy atom. The lowest BCUT2D eigenvalue weighted by Gasteiger charge is -2.21. The van der Waals surface area contributed by atoms with Crippen molar-refractivity contribution in [1.29, 1.82) is 0 Å². The lowest BCUT2D eigenvalue weighted by molar-refractivity contribution is -0.183. The van der Waals surface area contributed by atoms with E-state index in [0.29, 0.717) is 48.8 Å². The van der Waals surface area contributed by atoms with Gasteiger partial charge in [-0.1, -0.05) is 0 Å². The van der Waals surface area contributed by atoms with Crippen molar-refractivity contribution in [3.8, 4) is 0 Å². The van der Waals surface area contributed by atoms with Gasteiger partial charge < -0.3 is 18.9 Å². The lowest BCUT2D eigenvalue weighted by Crippen LogP contribution is -2.32. The van der Waals surface area contributed by atoms with E-state index in [9.17, 15) is 0 Å². The van der Waals surface area contributed by atoms with Crippen molar-refractivity contribution >= 4 is 0 Å². The highest BCUT2D eigenvalue weighted by Crippen LogP contribution is 2.36. The summed E-state index contributed by atoms with van der Waals surface area (Å²) >= 11 is 0. The molecule has 0 aromatic heterocycles. The molecule has 4 nitrogen and oxygen atoms in total. The molecule has 5 heterocycles. The molecule has 0 spiro atoms. The van der Waals surface area contributed by atoms with E-state index in [0.717, 1.165) is 0 Å². The molecule has 4 heteroatoms. The Kier molecular flexibility index (Phi) is 4.59. The maximum Gasteiger partial charge on any atom is 0.181 e. The summed E-state index contributed by atoms with van der Waals surface area (Å²) in [6.45, 7) is 0. The molecular weight excluding hydrogens is 304 g/mol. The summed E-state index contributed by atoms with van der Waals surface area (Å²) in [6, 6.07) is 0. The molecule has 5 rings (SSSR count). The van der Waals surface area contributed by atoms with E-state index in [2.05, 4.69) is 0 Å². The zero-order valence-corrected chi connectivity index (χ0v) is 14.8. The topological polar surface area (TPSA) is 44.1 Å². The standard InChI is InChI=1S/C20H32O4/c1-2-14-6-10-19(22-14)20-12-8-16(24-20)4-3-15-7-11-18(23-15)17-9-5-13(1)21-17/h13-20H,1-12H2/p+2. The van der Waals surface area contributed by atoms with Gasteiger partial charge in [-0.05, 0) is 38.5 Å². The molecule has 0 aliphatic carbocycles. The van der Waals surface area contributed by atoms with Crippen LogP contribution in [0.1, 0.15) is 77.0 Å². The molecule has 136 valence electrons. The number of ether oxygens (including phenoxy) is 4. The zero-order chi connectivity index (χ0) is 15.9. The Labute approximate surface area is 145 Å². The van der Waals surface area contributed by atoms with Gasteiger partial charge in [0.25, 0.3) is 0 Å². The van der Waals surface area contributed by atoms with Crippen LogP contribution in [0, 0.1) is 0 Å². The van der Waals surface area contributed by atoms with Crippen LogP contribution >= 0.6 is 0 Å². The Morgan fingerprint density at radius 1 is 0.458 bits per heavy atom. The van der Waals surface area contributed by atoms with Gasteiger partial charge >= 0.3 is 0 Å². The summed E-state index contributed by atoms with van der Waals surface area (Å²) in [6.07, 6.45) is 18.6. The average molecular weight is 338 g/mol. The van der Waals surface area contributed by atoms with Crippen LogP contribution in [0.5, 0.6) is 0 Å². The molecule has 8 atom stereocenters. The molecule has 8 unspecified atom stereocenters. The van der Waals surface area contributed by atoms with E-state index in [1.807, 2.05) is 0 Å². The Hall–Kier alpha value is -0.160. The van der Waals surface area contributed by atoms with Crippen molar-refractivity contribution in [2.75, 3.05) is 0 Å². The van der Waals surface area contributed by atoms with Crippen molar-refractivity contribution in [3.05, 3.63) is 0 Å². The van der Waals surface area contributed by atoms with Crippen LogP contribution in [0.3, 0.4) is 0 Å². The van der Waals surface area contributed by atoms with E-state index >= 15 is 0 Å².